The van der Waals surface area contributed by atoms with E-state index < -0.39 is 0 Å². The van der Waals surface area contributed by atoms with E-state index in [0.717, 1.165) is 0 Å². The van der Waals surface area contributed by atoms with Crippen molar-refractivity contribution in [3.63, 3.8) is 0 Å². The molecule has 0 radical (unpaired) electrons. The Morgan fingerprint density at radius 1 is 1.47 bits per heavy atom. The number of allylic oxidation sites excluding steroid dienone is 1. The van der Waals surface area contributed by atoms with Gasteiger partial charge in [-0.25, -0.2) is 0 Å². The molecular formula is C15H25NO. The molecule has 0 saturated heterocycles. The molecule has 0 amide bonds. The van der Waals surface area contributed by atoms with Crippen LogP contribution >= 0.6 is 0 Å². The van der Waals surface area contributed by atoms with Crippen molar-refractivity contribution in [3.8, 4) is 0 Å². The van der Waals surface area contributed by atoms with Gasteiger partial charge in [-0.3, -0.25) is 0 Å². The van der Waals surface area contributed by atoms with Gasteiger partial charge >= 0.3 is 0 Å². The van der Waals surface area contributed by atoms with Gasteiger partial charge in [-0.15, -0.1) is 5.73 Å². The monoisotopic (exact) mass is 235 g/mol. The molecule has 0 aliphatic carbocycles. The lowest BCUT2D eigenvalue weighted by molar-refractivity contribution is 0.380. The highest BCUT2D eigenvalue weighted by atomic mass is 16.3. The molecule has 2 unspecified atom stereocenters. The molecule has 2 nitrogen and oxygen atoms in total. The fraction of sp³-hybridized carbons (Fsp3) is 0.667. The van der Waals surface area contributed by atoms with E-state index in [1.165, 1.54) is 32.1 Å². The first kappa shape index (κ1) is 13.9. The van der Waals surface area contributed by atoms with E-state index in [4.69, 9.17) is 0 Å². The molecule has 1 aliphatic rings. The lowest BCUT2D eigenvalue weighted by atomic mass is 9.94. The van der Waals surface area contributed by atoms with Gasteiger partial charge in [0, 0.05) is 12.6 Å². The quantitative estimate of drug-likeness (QED) is 0.537. The maximum absolute atomic E-state index is 9.47. The normalized spacial score (nSPS) is 24.4. The van der Waals surface area contributed by atoms with E-state index in [-0.39, 0.29) is 6.04 Å². The third-order valence-electron chi connectivity index (χ3n) is 3.27. The topological polar surface area (TPSA) is 32.3 Å². The first-order chi connectivity index (χ1) is 8.24. The Morgan fingerprint density at radius 2 is 2.29 bits per heavy atom. The molecule has 2 atom stereocenters. The Bertz CT molecular complexity index is 300. The first-order valence-corrected chi connectivity index (χ1v) is 6.79. The minimum atomic E-state index is 0.287. The summed E-state index contributed by atoms with van der Waals surface area (Å²) in [5.41, 5.74) is 3.14. The standard InChI is InChI=1S/C15H25NO/c1-3-4-5-6-9-13(2)15-11-8-7-10-14(17)12-16-15/h7,11-13,15-17H,3-6,9-10H2,1-2H3/b14-12+. The molecule has 2 heteroatoms. The number of aliphatic hydroxyl groups is 1. The molecule has 0 spiro atoms. The van der Waals surface area contributed by atoms with Crippen molar-refractivity contribution in [1.82, 2.24) is 5.32 Å². The van der Waals surface area contributed by atoms with Crippen LogP contribution < -0.4 is 5.32 Å². The molecule has 0 aromatic carbocycles. The van der Waals surface area contributed by atoms with Crippen molar-refractivity contribution in [1.29, 1.82) is 0 Å². The van der Waals surface area contributed by atoms with Gasteiger partial charge in [0.1, 0.15) is 5.76 Å². The van der Waals surface area contributed by atoms with Crippen LogP contribution in [0.4, 0.5) is 0 Å². The first-order valence-electron chi connectivity index (χ1n) is 6.79. The molecule has 0 fully saturated rings. The summed E-state index contributed by atoms with van der Waals surface area (Å²) in [5.74, 6) is 0.962. The Hall–Kier alpha value is -1.14. The molecule has 0 aromatic heterocycles. The fourth-order valence-corrected chi connectivity index (χ4v) is 2.04. The average molecular weight is 235 g/mol. The lowest BCUT2D eigenvalue weighted by Crippen LogP contribution is -2.29. The second kappa shape index (κ2) is 8.03. The molecular weight excluding hydrogens is 210 g/mol. The van der Waals surface area contributed by atoms with Crippen molar-refractivity contribution >= 4 is 0 Å². The zero-order valence-corrected chi connectivity index (χ0v) is 11.1. The van der Waals surface area contributed by atoms with Gasteiger partial charge in [0.2, 0.25) is 0 Å². The van der Waals surface area contributed by atoms with Crippen molar-refractivity contribution in [2.24, 2.45) is 5.92 Å². The van der Waals surface area contributed by atoms with E-state index in [1.54, 1.807) is 6.20 Å². The molecule has 2 N–H and O–H groups in total. The summed E-state index contributed by atoms with van der Waals surface area (Å²) in [6.45, 7) is 4.50. The number of hydrogen-bond donors (Lipinski definition) is 2. The van der Waals surface area contributed by atoms with Gasteiger partial charge in [0.25, 0.3) is 0 Å². The average Bonchev–Trinajstić information content (AvgIpc) is 2.30. The van der Waals surface area contributed by atoms with E-state index in [1.807, 2.05) is 6.08 Å². The molecule has 1 aliphatic heterocycles. The van der Waals surface area contributed by atoms with Crippen LogP contribution in [0.5, 0.6) is 0 Å². The minimum Gasteiger partial charge on any atom is -0.510 e. The number of unbranched alkanes of at least 4 members (excludes halogenated alkanes) is 3. The van der Waals surface area contributed by atoms with Crippen LogP contribution in [0, 0.1) is 5.92 Å². The maximum atomic E-state index is 9.47. The summed E-state index contributed by atoms with van der Waals surface area (Å²) in [6, 6.07) is 0.287. The molecule has 17 heavy (non-hydrogen) atoms. The van der Waals surface area contributed by atoms with E-state index in [9.17, 15) is 5.11 Å². The van der Waals surface area contributed by atoms with Crippen molar-refractivity contribution in [3.05, 3.63) is 29.8 Å². The molecule has 1 heterocycles. The largest absolute Gasteiger partial charge is 0.510 e. The van der Waals surface area contributed by atoms with E-state index >= 15 is 0 Å². The second-order valence-corrected chi connectivity index (χ2v) is 4.90. The van der Waals surface area contributed by atoms with Gasteiger partial charge in [-0.05, 0) is 24.5 Å². The minimum absolute atomic E-state index is 0.287. The Kier molecular flexibility index (Phi) is 6.57. The predicted molar refractivity (Wildman–Crippen MR) is 72.8 cm³/mol. The zero-order chi connectivity index (χ0) is 12.5. The summed E-state index contributed by atoms with van der Waals surface area (Å²) in [4.78, 5) is 0. The van der Waals surface area contributed by atoms with Gasteiger partial charge in [-0.2, -0.15) is 0 Å². The van der Waals surface area contributed by atoms with Crippen LogP contribution in [0.15, 0.2) is 29.8 Å². The third kappa shape index (κ3) is 5.65. The molecule has 96 valence electrons. The summed E-state index contributed by atoms with van der Waals surface area (Å²) in [5, 5.41) is 12.7. The molecule has 1 rings (SSSR count). The highest BCUT2D eigenvalue weighted by molar-refractivity contribution is 5.07. The van der Waals surface area contributed by atoms with Crippen molar-refractivity contribution in [2.45, 2.75) is 58.4 Å². The summed E-state index contributed by atoms with van der Waals surface area (Å²) in [6.07, 6.45) is 12.7. The number of rotatable bonds is 6. The van der Waals surface area contributed by atoms with Crippen LogP contribution in [0.1, 0.15) is 52.4 Å². The fourth-order valence-electron chi connectivity index (χ4n) is 2.04. The van der Waals surface area contributed by atoms with Gasteiger partial charge < -0.3 is 10.4 Å². The third-order valence-corrected chi connectivity index (χ3v) is 3.27. The van der Waals surface area contributed by atoms with Crippen molar-refractivity contribution in [2.75, 3.05) is 0 Å². The van der Waals surface area contributed by atoms with Gasteiger partial charge in [-0.1, -0.05) is 39.5 Å². The number of nitrogens with one attached hydrogen (secondary N) is 1. The van der Waals surface area contributed by atoms with Crippen LogP contribution in [0.2, 0.25) is 0 Å². The Balaban J connectivity index is 2.39. The second-order valence-electron chi connectivity index (χ2n) is 4.90. The van der Waals surface area contributed by atoms with E-state index in [2.05, 4.69) is 31.0 Å². The summed E-state index contributed by atoms with van der Waals surface area (Å²) in [7, 11) is 0. The molecule has 0 bridgehead atoms. The van der Waals surface area contributed by atoms with Crippen LogP contribution in [-0.2, 0) is 0 Å². The van der Waals surface area contributed by atoms with Crippen LogP contribution in [-0.4, -0.2) is 11.1 Å². The highest BCUT2D eigenvalue weighted by Crippen LogP contribution is 2.16. The van der Waals surface area contributed by atoms with E-state index in [0.29, 0.717) is 18.1 Å². The Labute approximate surface area is 105 Å². The van der Waals surface area contributed by atoms with Crippen LogP contribution in [0.3, 0.4) is 0 Å². The molecule has 0 aromatic rings. The van der Waals surface area contributed by atoms with Crippen LogP contribution in [0.25, 0.3) is 0 Å². The number of aliphatic hydroxyl groups excluding tert-OH is 1. The van der Waals surface area contributed by atoms with Gasteiger partial charge in [0.15, 0.2) is 0 Å². The predicted octanol–water partition coefficient (Wildman–Crippen LogP) is 4.07. The maximum Gasteiger partial charge on any atom is 0.112 e. The summed E-state index contributed by atoms with van der Waals surface area (Å²) < 4.78 is 0. The SMILES string of the molecule is CCCCCCC(C)C1C=C=CC/C(O)=C\N1. The Morgan fingerprint density at radius 3 is 3.06 bits per heavy atom. The summed E-state index contributed by atoms with van der Waals surface area (Å²) >= 11 is 0. The number of hydrogen-bond acceptors (Lipinski definition) is 2. The van der Waals surface area contributed by atoms with Gasteiger partial charge in [0.05, 0.1) is 6.04 Å². The highest BCUT2D eigenvalue weighted by Gasteiger charge is 2.13. The smallest absolute Gasteiger partial charge is 0.112 e. The van der Waals surface area contributed by atoms with Crippen molar-refractivity contribution < 1.29 is 5.11 Å². The lowest BCUT2D eigenvalue weighted by Gasteiger charge is -2.21. The zero-order valence-electron chi connectivity index (χ0n) is 11.1. The molecule has 0 saturated carbocycles.